The normalized spacial score (nSPS) is 11.7. The Kier molecular flexibility index (Phi) is 9.14. The third-order valence-electron chi connectivity index (χ3n) is 5.15. The highest BCUT2D eigenvalue weighted by molar-refractivity contribution is 5.72. The number of unbranched alkanes of at least 4 members (excludes halogenated alkanes) is 2. The molecular formula is C27H30O5. The molecule has 5 heteroatoms. The quantitative estimate of drug-likeness (QED) is 0.339. The highest BCUT2D eigenvalue weighted by atomic mass is 16.5. The van der Waals surface area contributed by atoms with Crippen LogP contribution in [-0.2, 0) is 22.4 Å². The number of carboxylic acids is 1. The molecule has 168 valence electrons. The Hall–Kier alpha value is -3.31. The largest absolute Gasteiger partial charge is 0.494 e. The maximum Gasteiger partial charge on any atom is 0.333 e. The molecule has 0 radical (unpaired) electrons. The van der Waals surface area contributed by atoms with Crippen LogP contribution in [-0.4, -0.2) is 30.9 Å². The lowest BCUT2D eigenvalue weighted by molar-refractivity contribution is -0.148. The number of ether oxygens (including phenoxy) is 3. The summed E-state index contributed by atoms with van der Waals surface area (Å²) in [7, 11) is 1.43. The van der Waals surface area contributed by atoms with Gasteiger partial charge in [-0.15, -0.1) is 0 Å². The molecule has 0 heterocycles. The van der Waals surface area contributed by atoms with Crippen LogP contribution in [0.25, 0.3) is 0 Å². The summed E-state index contributed by atoms with van der Waals surface area (Å²) in [5.74, 6) is 1.50. The zero-order valence-corrected chi connectivity index (χ0v) is 18.4. The van der Waals surface area contributed by atoms with E-state index in [1.165, 1.54) is 12.7 Å². The molecule has 1 N–H and O–H groups in total. The van der Waals surface area contributed by atoms with Crippen LogP contribution < -0.4 is 9.47 Å². The molecule has 0 spiro atoms. The number of carbonyl (C=O) groups is 1. The summed E-state index contributed by atoms with van der Waals surface area (Å²) in [5.41, 5.74) is 2.21. The molecular weight excluding hydrogens is 404 g/mol. The van der Waals surface area contributed by atoms with Gasteiger partial charge in [-0.3, -0.25) is 0 Å². The van der Waals surface area contributed by atoms with E-state index in [1.807, 2.05) is 66.7 Å². The van der Waals surface area contributed by atoms with E-state index in [0.29, 0.717) is 13.0 Å². The lowest BCUT2D eigenvalue weighted by atomic mass is 10.0. The Balaban J connectivity index is 1.34. The van der Waals surface area contributed by atoms with E-state index < -0.39 is 12.1 Å². The Morgan fingerprint density at radius 3 is 2.22 bits per heavy atom. The summed E-state index contributed by atoms with van der Waals surface area (Å²) in [6.45, 7) is 0.674. The van der Waals surface area contributed by atoms with Gasteiger partial charge in [0.15, 0.2) is 6.10 Å². The molecule has 0 aliphatic rings. The van der Waals surface area contributed by atoms with E-state index in [0.717, 1.165) is 48.5 Å². The van der Waals surface area contributed by atoms with E-state index in [1.54, 1.807) is 0 Å². The van der Waals surface area contributed by atoms with Gasteiger partial charge in [-0.1, -0.05) is 42.5 Å². The fraction of sp³-hybridized carbons (Fsp3) is 0.296. The van der Waals surface area contributed by atoms with Crippen LogP contribution >= 0.6 is 0 Å². The second kappa shape index (κ2) is 12.5. The third-order valence-corrected chi connectivity index (χ3v) is 5.15. The number of hydrogen-bond donors (Lipinski definition) is 1. The molecule has 0 saturated heterocycles. The number of para-hydroxylation sites is 1. The van der Waals surface area contributed by atoms with Crippen LogP contribution in [0.4, 0.5) is 0 Å². The van der Waals surface area contributed by atoms with Gasteiger partial charge in [-0.05, 0) is 73.2 Å². The molecule has 0 aliphatic heterocycles. The van der Waals surface area contributed by atoms with Crippen molar-refractivity contribution in [1.82, 2.24) is 0 Å². The van der Waals surface area contributed by atoms with Gasteiger partial charge in [0.25, 0.3) is 0 Å². The van der Waals surface area contributed by atoms with Crippen molar-refractivity contribution in [2.75, 3.05) is 13.7 Å². The van der Waals surface area contributed by atoms with E-state index >= 15 is 0 Å². The smallest absolute Gasteiger partial charge is 0.333 e. The average Bonchev–Trinajstić information content (AvgIpc) is 2.81. The first-order valence-corrected chi connectivity index (χ1v) is 10.9. The summed E-state index contributed by atoms with van der Waals surface area (Å²) in [4.78, 5) is 11.1. The van der Waals surface area contributed by atoms with Crippen molar-refractivity contribution < 1.29 is 24.1 Å². The standard InChI is InChI=1S/C27H30O5/c1-30-26(27(28)29)20-22-11-8-10-21(19-22)9-4-3-7-18-31-23-14-16-25(17-15-23)32-24-12-5-2-6-13-24/h2,5-6,8,10-17,19,26H,3-4,7,9,18,20H2,1H3,(H,28,29)/t26-/m0/s1. The second-order valence-corrected chi connectivity index (χ2v) is 7.63. The van der Waals surface area contributed by atoms with Gasteiger partial charge < -0.3 is 19.3 Å². The number of aryl methyl sites for hydroxylation is 1. The molecule has 0 amide bonds. The molecule has 0 aromatic heterocycles. The number of methoxy groups -OCH3 is 1. The van der Waals surface area contributed by atoms with E-state index in [2.05, 4.69) is 12.1 Å². The summed E-state index contributed by atoms with van der Waals surface area (Å²) in [5, 5.41) is 9.14. The van der Waals surface area contributed by atoms with Crippen molar-refractivity contribution in [2.45, 2.75) is 38.2 Å². The van der Waals surface area contributed by atoms with Crippen LogP contribution in [0.2, 0.25) is 0 Å². The van der Waals surface area contributed by atoms with Gasteiger partial charge in [0, 0.05) is 13.5 Å². The first-order chi connectivity index (χ1) is 15.6. The Morgan fingerprint density at radius 1 is 0.812 bits per heavy atom. The monoisotopic (exact) mass is 434 g/mol. The predicted octanol–water partition coefficient (Wildman–Crippen LogP) is 5.91. The number of carboxylic acid groups (broad SMARTS) is 1. The van der Waals surface area contributed by atoms with Crippen molar-refractivity contribution in [2.24, 2.45) is 0 Å². The minimum Gasteiger partial charge on any atom is -0.494 e. The summed E-state index contributed by atoms with van der Waals surface area (Å²) >= 11 is 0. The maximum atomic E-state index is 11.1. The first kappa shape index (κ1) is 23.4. The van der Waals surface area contributed by atoms with Gasteiger partial charge in [0.2, 0.25) is 0 Å². The molecule has 32 heavy (non-hydrogen) atoms. The molecule has 0 aliphatic carbocycles. The minimum atomic E-state index is -0.934. The molecule has 3 rings (SSSR count). The number of aliphatic carboxylic acids is 1. The fourth-order valence-electron chi connectivity index (χ4n) is 3.42. The summed E-state index contributed by atoms with van der Waals surface area (Å²) < 4.78 is 16.7. The van der Waals surface area contributed by atoms with Crippen molar-refractivity contribution >= 4 is 5.97 Å². The van der Waals surface area contributed by atoms with Gasteiger partial charge in [-0.25, -0.2) is 4.79 Å². The average molecular weight is 435 g/mol. The topological polar surface area (TPSA) is 65.0 Å². The van der Waals surface area contributed by atoms with E-state index in [4.69, 9.17) is 19.3 Å². The van der Waals surface area contributed by atoms with Crippen LogP contribution in [0.1, 0.15) is 30.4 Å². The minimum absolute atomic E-state index is 0.378. The first-order valence-electron chi connectivity index (χ1n) is 10.9. The van der Waals surface area contributed by atoms with Crippen LogP contribution in [0.5, 0.6) is 17.2 Å². The maximum absolute atomic E-state index is 11.1. The third kappa shape index (κ3) is 7.75. The van der Waals surface area contributed by atoms with Crippen LogP contribution in [0.15, 0.2) is 78.9 Å². The number of hydrogen-bond acceptors (Lipinski definition) is 4. The lowest BCUT2D eigenvalue weighted by Crippen LogP contribution is -2.24. The summed E-state index contributed by atoms with van der Waals surface area (Å²) in [6.07, 6.45) is 3.64. The molecule has 0 bridgehead atoms. The lowest BCUT2D eigenvalue weighted by Gasteiger charge is -2.11. The molecule has 3 aromatic carbocycles. The fourth-order valence-corrected chi connectivity index (χ4v) is 3.42. The molecule has 0 saturated carbocycles. The van der Waals surface area contributed by atoms with Gasteiger partial charge >= 0.3 is 5.97 Å². The molecule has 0 unspecified atom stereocenters. The van der Waals surface area contributed by atoms with Crippen LogP contribution in [0, 0.1) is 0 Å². The van der Waals surface area contributed by atoms with Crippen molar-refractivity contribution in [3.05, 3.63) is 90.0 Å². The number of rotatable bonds is 13. The Morgan fingerprint density at radius 2 is 1.50 bits per heavy atom. The van der Waals surface area contributed by atoms with Crippen molar-refractivity contribution in [1.29, 1.82) is 0 Å². The molecule has 0 fully saturated rings. The summed E-state index contributed by atoms with van der Waals surface area (Å²) in [6, 6.07) is 25.5. The van der Waals surface area contributed by atoms with Crippen LogP contribution in [0.3, 0.4) is 0 Å². The zero-order chi connectivity index (χ0) is 22.6. The van der Waals surface area contributed by atoms with Gasteiger partial charge in [-0.2, -0.15) is 0 Å². The zero-order valence-electron chi connectivity index (χ0n) is 18.4. The highest BCUT2D eigenvalue weighted by Gasteiger charge is 2.16. The number of benzene rings is 3. The second-order valence-electron chi connectivity index (χ2n) is 7.63. The van der Waals surface area contributed by atoms with Crippen molar-refractivity contribution in [3.8, 4) is 17.2 Å². The highest BCUT2D eigenvalue weighted by Crippen LogP contribution is 2.23. The van der Waals surface area contributed by atoms with Crippen molar-refractivity contribution in [3.63, 3.8) is 0 Å². The van der Waals surface area contributed by atoms with Gasteiger partial charge in [0.05, 0.1) is 6.61 Å². The predicted molar refractivity (Wildman–Crippen MR) is 125 cm³/mol. The Bertz CT molecular complexity index is 953. The van der Waals surface area contributed by atoms with E-state index in [9.17, 15) is 4.79 Å². The SMILES string of the molecule is CO[C@@H](Cc1cccc(CCCCCOc2ccc(Oc3ccccc3)cc2)c1)C(=O)O. The molecule has 1 atom stereocenters. The van der Waals surface area contributed by atoms with Gasteiger partial charge in [0.1, 0.15) is 17.2 Å². The molecule has 5 nitrogen and oxygen atoms in total. The van der Waals surface area contributed by atoms with E-state index in [-0.39, 0.29) is 0 Å². The molecule has 3 aromatic rings. The Labute approximate surface area is 189 Å².